The van der Waals surface area contributed by atoms with Crippen LogP contribution in [0.25, 0.3) is 6.08 Å². The van der Waals surface area contributed by atoms with Crippen LogP contribution in [0.2, 0.25) is 0 Å². The van der Waals surface area contributed by atoms with Gasteiger partial charge in [0.2, 0.25) is 0 Å². The van der Waals surface area contributed by atoms with Crippen molar-refractivity contribution in [3.8, 4) is 11.5 Å². The van der Waals surface area contributed by atoms with Crippen LogP contribution in [0.5, 0.6) is 11.5 Å². The molecule has 0 aliphatic carbocycles. The summed E-state index contributed by atoms with van der Waals surface area (Å²) in [6.07, 6.45) is 1.72. The molecular weight excluding hydrogens is 504 g/mol. The summed E-state index contributed by atoms with van der Waals surface area (Å²) >= 11 is 1.23. The average molecular weight is 535 g/mol. The van der Waals surface area contributed by atoms with Crippen molar-refractivity contribution < 1.29 is 23.8 Å². The first-order valence-electron chi connectivity index (χ1n) is 12.0. The Labute approximate surface area is 224 Å². The van der Waals surface area contributed by atoms with E-state index >= 15 is 0 Å². The van der Waals surface area contributed by atoms with Crippen LogP contribution in [-0.4, -0.2) is 30.7 Å². The number of thiazole rings is 1. The van der Waals surface area contributed by atoms with E-state index in [2.05, 4.69) is 25.8 Å². The number of aromatic nitrogens is 1. The molecular formula is C29H30N2O6S. The second-order valence-electron chi connectivity index (χ2n) is 9.95. The van der Waals surface area contributed by atoms with Gasteiger partial charge in [-0.2, -0.15) is 0 Å². The van der Waals surface area contributed by atoms with Gasteiger partial charge in [-0.1, -0.05) is 62.4 Å². The number of fused-ring (bicyclic) bond motifs is 1. The van der Waals surface area contributed by atoms with Crippen molar-refractivity contribution in [2.24, 2.45) is 4.99 Å². The summed E-state index contributed by atoms with van der Waals surface area (Å²) in [7, 11) is 2.79. The van der Waals surface area contributed by atoms with E-state index in [4.69, 9.17) is 14.2 Å². The number of esters is 2. The lowest BCUT2D eigenvalue weighted by Crippen LogP contribution is -2.39. The smallest absolute Gasteiger partial charge is 0.338 e. The molecule has 0 saturated heterocycles. The van der Waals surface area contributed by atoms with Crippen molar-refractivity contribution in [2.45, 2.75) is 46.1 Å². The summed E-state index contributed by atoms with van der Waals surface area (Å²) in [6.45, 7) is 9.44. The molecule has 0 bridgehead atoms. The van der Waals surface area contributed by atoms with E-state index in [0.29, 0.717) is 31.9 Å². The normalized spacial score (nSPS) is 15.6. The minimum Gasteiger partial charge on any atom is -0.493 e. The Morgan fingerprint density at radius 2 is 1.74 bits per heavy atom. The van der Waals surface area contributed by atoms with Gasteiger partial charge in [-0.3, -0.25) is 14.2 Å². The Bertz CT molecular complexity index is 1620. The summed E-state index contributed by atoms with van der Waals surface area (Å²) in [5.74, 6) is -0.342. The van der Waals surface area contributed by atoms with Gasteiger partial charge in [0, 0.05) is 6.92 Å². The van der Waals surface area contributed by atoms with Crippen LogP contribution in [-0.2, 0) is 19.7 Å². The number of methoxy groups -OCH3 is 2. The molecule has 0 fully saturated rings. The zero-order chi connectivity index (χ0) is 27.8. The highest BCUT2D eigenvalue weighted by atomic mass is 32.1. The van der Waals surface area contributed by atoms with E-state index in [9.17, 15) is 14.4 Å². The van der Waals surface area contributed by atoms with Gasteiger partial charge in [0.15, 0.2) is 16.3 Å². The van der Waals surface area contributed by atoms with Gasteiger partial charge < -0.3 is 14.2 Å². The quantitative estimate of drug-likeness (QED) is 0.366. The molecule has 198 valence electrons. The number of hydrogen-bond donors (Lipinski definition) is 0. The fourth-order valence-corrected chi connectivity index (χ4v) is 5.38. The fourth-order valence-electron chi connectivity index (χ4n) is 4.34. The molecule has 0 N–H and O–H groups in total. The number of carbonyl (C=O) groups is 2. The molecule has 2 heterocycles. The van der Waals surface area contributed by atoms with E-state index in [-0.39, 0.29) is 16.7 Å². The van der Waals surface area contributed by atoms with Crippen molar-refractivity contribution >= 4 is 29.4 Å². The van der Waals surface area contributed by atoms with Gasteiger partial charge in [-0.05, 0) is 47.2 Å². The predicted molar refractivity (Wildman–Crippen MR) is 145 cm³/mol. The Morgan fingerprint density at radius 3 is 2.32 bits per heavy atom. The van der Waals surface area contributed by atoms with Crippen molar-refractivity contribution in [1.29, 1.82) is 0 Å². The maximum Gasteiger partial charge on any atom is 0.338 e. The molecule has 3 aromatic rings. The molecule has 38 heavy (non-hydrogen) atoms. The van der Waals surface area contributed by atoms with Gasteiger partial charge >= 0.3 is 11.9 Å². The third-order valence-corrected chi connectivity index (χ3v) is 7.24. The Kier molecular flexibility index (Phi) is 7.42. The summed E-state index contributed by atoms with van der Waals surface area (Å²) in [6, 6.07) is 12.3. The van der Waals surface area contributed by atoms with Gasteiger partial charge in [-0.25, -0.2) is 9.79 Å². The molecule has 1 aliphatic rings. The highest BCUT2D eigenvalue weighted by Gasteiger charge is 2.33. The molecule has 0 radical (unpaired) electrons. The van der Waals surface area contributed by atoms with Gasteiger partial charge in [-0.15, -0.1) is 0 Å². The largest absolute Gasteiger partial charge is 0.493 e. The monoisotopic (exact) mass is 534 g/mol. The SMILES string of the molecule is COC(=O)C1=C(C)N=c2s/c(=C/c3ccc(OC(C)=O)c(OC)c3)c(=O)n2[C@H]1c1ccc(C(C)(C)C)cc1. The van der Waals surface area contributed by atoms with Crippen molar-refractivity contribution in [1.82, 2.24) is 4.57 Å². The summed E-state index contributed by atoms with van der Waals surface area (Å²) in [4.78, 5) is 43.1. The van der Waals surface area contributed by atoms with Crippen molar-refractivity contribution in [3.63, 3.8) is 0 Å². The van der Waals surface area contributed by atoms with Crippen LogP contribution in [0.3, 0.4) is 0 Å². The standard InChI is InChI=1S/C29H30N2O6S/c1-16-24(27(34)36-7)25(19-9-11-20(12-10-19)29(3,4)5)31-26(33)23(38-28(31)30-16)15-18-8-13-21(37-17(2)32)22(14-18)35-6/h8-15,25H,1-7H3/b23-15+/t25-/m0/s1. The molecule has 0 unspecified atom stereocenters. The lowest BCUT2D eigenvalue weighted by Gasteiger charge is -2.25. The Hall–Kier alpha value is -3.98. The Balaban J connectivity index is 1.89. The van der Waals surface area contributed by atoms with Crippen LogP contribution in [0.1, 0.15) is 57.4 Å². The number of rotatable bonds is 5. The third kappa shape index (κ3) is 5.19. The van der Waals surface area contributed by atoms with Crippen LogP contribution in [0.4, 0.5) is 0 Å². The van der Waals surface area contributed by atoms with Crippen LogP contribution in [0.15, 0.2) is 63.5 Å². The first kappa shape index (κ1) is 27.1. The number of allylic oxidation sites excluding steroid dienone is 1. The predicted octanol–water partition coefficient (Wildman–Crippen LogP) is 3.64. The number of hydrogen-bond acceptors (Lipinski definition) is 8. The maximum atomic E-state index is 13.8. The van der Waals surface area contributed by atoms with Crippen molar-refractivity contribution in [2.75, 3.05) is 14.2 Å². The van der Waals surface area contributed by atoms with E-state index < -0.39 is 18.0 Å². The number of carbonyl (C=O) groups excluding carboxylic acids is 2. The average Bonchev–Trinajstić information content (AvgIpc) is 3.17. The lowest BCUT2D eigenvalue weighted by atomic mass is 9.85. The maximum absolute atomic E-state index is 13.8. The molecule has 9 heteroatoms. The summed E-state index contributed by atoms with van der Waals surface area (Å²) < 4.78 is 17.6. The lowest BCUT2D eigenvalue weighted by molar-refractivity contribution is -0.136. The molecule has 0 saturated carbocycles. The van der Waals surface area contributed by atoms with E-state index in [1.807, 2.05) is 24.3 Å². The van der Waals surface area contributed by atoms with E-state index in [0.717, 1.165) is 11.1 Å². The minimum absolute atomic E-state index is 0.0457. The third-order valence-electron chi connectivity index (χ3n) is 6.26. The van der Waals surface area contributed by atoms with Gasteiger partial charge in [0.25, 0.3) is 5.56 Å². The highest BCUT2D eigenvalue weighted by Crippen LogP contribution is 2.32. The zero-order valence-corrected chi connectivity index (χ0v) is 23.3. The number of ether oxygens (including phenoxy) is 3. The summed E-state index contributed by atoms with van der Waals surface area (Å²) in [5, 5.41) is 0. The Morgan fingerprint density at radius 1 is 1.05 bits per heavy atom. The molecule has 8 nitrogen and oxygen atoms in total. The second kappa shape index (κ2) is 10.4. The molecule has 1 atom stereocenters. The zero-order valence-electron chi connectivity index (χ0n) is 22.4. The molecule has 0 spiro atoms. The number of nitrogens with zero attached hydrogens (tertiary/aromatic N) is 2. The van der Waals surface area contributed by atoms with Gasteiger partial charge in [0.05, 0.1) is 36.1 Å². The molecule has 1 aliphatic heterocycles. The molecule has 0 amide bonds. The van der Waals surface area contributed by atoms with E-state index in [1.54, 1.807) is 35.8 Å². The summed E-state index contributed by atoms with van der Waals surface area (Å²) in [5.41, 5.74) is 3.10. The first-order valence-corrected chi connectivity index (χ1v) is 12.8. The van der Waals surface area contributed by atoms with Crippen LogP contribution < -0.4 is 24.4 Å². The molecule has 1 aromatic heterocycles. The number of benzene rings is 2. The van der Waals surface area contributed by atoms with Gasteiger partial charge in [0.1, 0.15) is 0 Å². The topological polar surface area (TPSA) is 96.2 Å². The molecule has 2 aromatic carbocycles. The van der Waals surface area contributed by atoms with Crippen LogP contribution >= 0.6 is 11.3 Å². The van der Waals surface area contributed by atoms with Crippen LogP contribution in [0, 0.1) is 0 Å². The molecule has 4 rings (SSSR count). The second-order valence-corrected chi connectivity index (χ2v) is 11.0. The minimum atomic E-state index is -0.684. The first-order chi connectivity index (χ1) is 17.9. The fraction of sp³-hybridized carbons (Fsp3) is 0.310. The van der Waals surface area contributed by atoms with E-state index in [1.165, 1.54) is 32.5 Å². The highest BCUT2D eigenvalue weighted by molar-refractivity contribution is 7.07. The van der Waals surface area contributed by atoms with Crippen molar-refractivity contribution in [3.05, 3.63) is 90.1 Å².